The van der Waals surface area contributed by atoms with Crippen LogP contribution in [0.15, 0.2) is 36.4 Å². The van der Waals surface area contributed by atoms with Gasteiger partial charge >= 0.3 is 0 Å². The second kappa shape index (κ2) is 8.84. The number of halogens is 1. The summed E-state index contributed by atoms with van der Waals surface area (Å²) in [5.41, 5.74) is 7.69. The van der Waals surface area contributed by atoms with Crippen LogP contribution in [0.2, 0.25) is 0 Å². The molecule has 3 rings (SSSR count). The van der Waals surface area contributed by atoms with E-state index in [1.54, 1.807) is 0 Å². The molecule has 1 aliphatic rings. The van der Waals surface area contributed by atoms with Crippen molar-refractivity contribution in [2.24, 2.45) is 0 Å². The minimum Gasteiger partial charge on any atom is -0.367 e. The Morgan fingerprint density at radius 3 is 1.76 bits per heavy atom. The Balaban J connectivity index is 0.00000225. The van der Waals surface area contributed by atoms with E-state index in [2.05, 4.69) is 69.4 Å². The van der Waals surface area contributed by atoms with Gasteiger partial charge in [-0.2, -0.15) is 0 Å². The standard InChI is InChI=1S/C22H29NO.ClH/c1-15-8-16(2)11-19(10-15)22(24-14-21-6-5-7-23-21)20-12-17(3)9-18(4)13-20;/h8-13,21-23H,5-7,14H2,1-4H3;1H. The third-order valence-electron chi connectivity index (χ3n) is 4.72. The molecule has 1 N–H and O–H groups in total. The topological polar surface area (TPSA) is 21.3 Å². The smallest absolute Gasteiger partial charge is 0.108 e. The Morgan fingerprint density at radius 1 is 0.880 bits per heavy atom. The number of benzene rings is 2. The Morgan fingerprint density at radius 2 is 1.36 bits per heavy atom. The molecular weight excluding hydrogens is 330 g/mol. The quantitative estimate of drug-likeness (QED) is 0.792. The maximum atomic E-state index is 6.46. The van der Waals surface area contributed by atoms with Crippen molar-refractivity contribution in [3.8, 4) is 0 Å². The summed E-state index contributed by atoms with van der Waals surface area (Å²) in [6.45, 7) is 10.5. The molecule has 1 unspecified atom stereocenters. The molecule has 0 saturated carbocycles. The third kappa shape index (κ3) is 5.31. The van der Waals surface area contributed by atoms with Crippen molar-refractivity contribution >= 4 is 12.4 Å². The van der Waals surface area contributed by atoms with Crippen molar-refractivity contribution in [2.75, 3.05) is 13.2 Å². The van der Waals surface area contributed by atoms with Crippen molar-refractivity contribution in [1.29, 1.82) is 0 Å². The summed E-state index contributed by atoms with van der Waals surface area (Å²) in [5.74, 6) is 0. The van der Waals surface area contributed by atoms with Gasteiger partial charge in [0.25, 0.3) is 0 Å². The fourth-order valence-corrected chi connectivity index (χ4v) is 3.82. The molecule has 2 aromatic rings. The molecule has 1 aliphatic heterocycles. The SMILES string of the molecule is Cc1cc(C)cc(C(OCC2CCCN2)c2cc(C)cc(C)c2)c1.Cl. The van der Waals surface area contributed by atoms with Crippen molar-refractivity contribution in [2.45, 2.75) is 52.7 Å². The van der Waals surface area contributed by atoms with Crippen LogP contribution in [0.1, 0.15) is 52.3 Å². The molecule has 1 fully saturated rings. The molecule has 0 bridgehead atoms. The lowest BCUT2D eigenvalue weighted by molar-refractivity contribution is 0.0657. The zero-order valence-electron chi connectivity index (χ0n) is 15.8. The lowest BCUT2D eigenvalue weighted by Gasteiger charge is -2.23. The first kappa shape index (κ1) is 20.0. The molecule has 25 heavy (non-hydrogen) atoms. The maximum absolute atomic E-state index is 6.46. The van der Waals surface area contributed by atoms with Gasteiger partial charge in [-0.3, -0.25) is 0 Å². The minimum atomic E-state index is 0. The monoisotopic (exact) mass is 359 g/mol. The second-order valence-corrected chi connectivity index (χ2v) is 7.35. The van der Waals surface area contributed by atoms with Crippen molar-refractivity contribution in [3.63, 3.8) is 0 Å². The van der Waals surface area contributed by atoms with Crippen LogP contribution >= 0.6 is 12.4 Å². The minimum absolute atomic E-state index is 0. The summed E-state index contributed by atoms with van der Waals surface area (Å²) in [6, 6.07) is 14.0. The first-order valence-corrected chi connectivity index (χ1v) is 9.02. The first-order chi connectivity index (χ1) is 11.5. The maximum Gasteiger partial charge on any atom is 0.108 e. The largest absolute Gasteiger partial charge is 0.367 e. The molecule has 2 aromatic carbocycles. The molecule has 136 valence electrons. The van der Waals surface area contributed by atoms with Gasteiger partial charge in [0, 0.05) is 6.04 Å². The lowest BCUT2D eigenvalue weighted by atomic mass is 9.95. The lowest BCUT2D eigenvalue weighted by Crippen LogP contribution is -2.28. The molecule has 0 amide bonds. The molecule has 1 saturated heterocycles. The molecule has 0 radical (unpaired) electrons. The van der Waals surface area contributed by atoms with Crippen LogP contribution in [-0.4, -0.2) is 19.2 Å². The van der Waals surface area contributed by atoms with Crippen LogP contribution in [0.5, 0.6) is 0 Å². The fraction of sp³-hybridized carbons (Fsp3) is 0.455. The van der Waals surface area contributed by atoms with Crippen molar-refractivity contribution in [3.05, 3.63) is 69.8 Å². The van der Waals surface area contributed by atoms with E-state index < -0.39 is 0 Å². The second-order valence-electron chi connectivity index (χ2n) is 7.35. The van der Waals surface area contributed by atoms with E-state index >= 15 is 0 Å². The summed E-state index contributed by atoms with van der Waals surface area (Å²) in [5, 5.41) is 3.54. The number of nitrogens with one attached hydrogen (secondary N) is 1. The van der Waals surface area contributed by atoms with Crippen LogP contribution in [-0.2, 0) is 4.74 Å². The van der Waals surface area contributed by atoms with E-state index in [4.69, 9.17) is 4.74 Å². The van der Waals surface area contributed by atoms with Crippen molar-refractivity contribution < 1.29 is 4.74 Å². The highest BCUT2D eigenvalue weighted by atomic mass is 35.5. The summed E-state index contributed by atoms with van der Waals surface area (Å²) in [4.78, 5) is 0. The fourth-order valence-electron chi connectivity index (χ4n) is 3.82. The predicted molar refractivity (Wildman–Crippen MR) is 108 cm³/mol. The third-order valence-corrected chi connectivity index (χ3v) is 4.72. The number of hydrogen-bond donors (Lipinski definition) is 1. The summed E-state index contributed by atoms with van der Waals surface area (Å²) in [6.07, 6.45) is 2.47. The highest BCUT2D eigenvalue weighted by molar-refractivity contribution is 5.85. The molecule has 2 nitrogen and oxygen atoms in total. The Bertz CT molecular complexity index is 615. The zero-order valence-corrected chi connectivity index (χ0v) is 16.6. The van der Waals surface area contributed by atoms with Crippen LogP contribution < -0.4 is 5.32 Å². The molecule has 1 atom stereocenters. The summed E-state index contributed by atoms with van der Waals surface area (Å²) >= 11 is 0. The number of hydrogen-bond acceptors (Lipinski definition) is 2. The Hall–Kier alpha value is -1.35. The number of rotatable bonds is 5. The number of aryl methyl sites for hydroxylation is 4. The van der Waals surface area contributed by atoms with E-state index in [1.165, 1.54) is 46.2 Å². The van der Waals surface area contributed by atoms with Gasteiger partial charge in [-0.15, -0.1) is 12.4 Å². The van der Waals surface area contributed by atoms with E-state index in [0.29, 0.717) is 6.04 Å². The van der Waals surface area contributed by atoms with Crippen LogP contribution in [0.25, 0.3) is 0 Å². The normalized spacial score (nSPS) is 16.9. The van der Waals surface area contributed by atoms with Crippen molar-refractivity contribution in [1.82, 2.24) is 5.32 Å². The Kier molecular flexibility index (Phi) is 7.06. The van der Waals surface area contributed by atoms with E-state index in [0.717, 1.165) is 13.2 Å². The molecule has 0 spiro atoms. The Labute approximate surface area is 158 Å². The van der Waals surface area contributed by atoms with Gasteiger partial charge in [0.15, 0.2) is 0 Å². The van der Waals surface area contributed by atoms with Crippen LogP contribution in [0.4, 0.5) is 0 Å². The summed E-state index contributed by atoms with van der Waals surface area (Å²) < 4.78 is 6.46. The molecular formula is C22H30ClNO. The van der Waals surface area contributed by atoms with Gasteiger partial charge in [0.2, 0.25) is 0 Å². The van der Waals surface area contributed by atoms with Crippen LogP contribution in [0.3, 0.4) is 0 Å². The molecule has 3 heteroatoms. The summed E-state index contributed by atoms with van der Waals surface area (Å²) in [7, 11) is 0. The first-order valence-electron chi connectivity index (χ1n) is 9.02. The van der Waals surface area contributed by atoms with Crippen LogP contribution in [0, 0.1) is 27.7 Å². The van der Waals surface area contributed by atoms with Gasteiger partial charge < -0.3 is 10.1 Å². The van der Waals surface area contributed by atoms with Gasteiger partial charge in [-0.05, 0) is 58.2 Å². The van der Waals surface area contributed by atoms with Gasteiger partial charge in [-0.1, -0.05) is 58.7 Å². The highest BCUT2D eigenvalue weighted by Crippen LogP contribution is 2.29. The number of ether oxygens (including phenoxy) is 1. The van der Waals surface area contributed by atoms with E-state index in [9.17, 15) is 0 Å². The average Bonchev–Trinajstić information content (AvgIpc) is 2.99. The predicted octanol–water partition coefficient (Wildman–Crippen LogP) is 5.20. The molecule has 0 aromatic heterocycles. The van der Waals surface area contributed by atoms with E-state index in [1.807, 2.05) is 0 Å². The van der Waals surface area contributed by atoms with E-state index in [-0.39, 0.29) is 18.5 Å². The molecule has 1 heterocycles. The van der Waals surface area contributed by atoms with Gasteiger partial charge in [-0.25, -0.2) is 0 Å². The zero-order chi connectivity index (χ0) is 17.1. The van der Waals surface area contributed by atoms with Gasteiger partial charge in [0.1, 0.15) is 6.10 Å². The average molecular weight is 360 g/mol. The van der Waals surface area contributed by atoms with Gasteiger partial charge in [0.05, 0.1) is 6.61 Å². The highest BCUT2D eigenvalue weighted by Gasteiger charge is 2.20. The molecule has 0 aliphatic carbocycles.